The first-order chi connectivity index (χ1) is 12.9. The highest BCUT2D eigenvalue weighted by Gasteiger charge is 2.21. The third kappa shape index (κ3) is 4.66. The molecular weight excluding hydrogens is 352 g/mol. The second-order valence-electron chi connectivity index (χ2n) is 5.68. The molecule has 0 saturated carbocycles. The van der Waals surface area contributed by atoms with Gasteiger partial charge in [-0.25, -0.2) is 0 Å². The summed E-state index contributed by atoms with van der Waals surface area (Å²) < 4.78 is 15.8. The lowest BCUT2D eigenvalue weighted by molar-refractivity contribution is -0.385. The molecule has 0 aliphatic rings. The molecule has 1 atom stereocenters. The first-order valence-electron chi connectivity index (χ1n) is 8.35. The predicted molar refractivity (Wildman–Crippen MR) is 99.7 cm³/mol. The van der Waals surface area contributed by atoms with Crippen LogP contribution in [0.5, 0.6) is 17.2 Å². The van der Waals surface area contributed by atoms with Crippen LogP contribution in [-0.4, -0.2) is 31.7 Å². The Morgan fingerprint density at radius 1 is 1.15 bits per heavy atom. The molecule has 2 aromatic rings. The molecule has 8 nitrogen and oxygen atoms in total. The third-order valence-electron chi connectivity index (χ3n) is 3.97. The van der Waals surface area contributed by atoms with Crippen LogP contribution < -0.4 is 19.5 Å². The lowest BCUT2D eigenvalue weighted by Gasteiger charge is -2.18. The summed E-state index contributed by atoms with van der Waals surface area (Å²) in [4.78, 5) is 23.2. The summed E-state index contributed by atoms with van der Waals surface area (Å²) in [6.07, 6.45) is 0. The van der Waals surface area contributed by atoms with Gasteiger partial charge in [0.25, 0.3) is 5.91 Å². The number of nitro benzene ring substituents is 1. The minimum absolute atomic E-state index is 0.126. The van der Waals surface area contributed by atoms with Crippen molar-refractivity contribution < 1.29 is 23.9 Å². The summed E-state index contributed by atoms with van der Waals surface area (Å²) in [6.45, 7) is 3.81. The number of carbonyl (C=O) groups is 1. The van der Waals surface area contributed by atoms with E-state index in [1.54, 1.807) is 39.2 Å². The quantitative estimate of drug-likeness (QED) is 0.561. The van der Waals surface area contributed by atoms with Crippen molar-refractivity contribution in [2.24, 2.45) is 0 Å². The SMILES string of the molecule is CCOc1ccc(C(=O)N[C@@H](C)c2cc(OC)ccc2OC)cc1[N+](=O)[O-]. The zero-order valence-electron chi connectivity index (χ0n) is 15.6. The summed E-state index contributed by atoms with van der Waals surface area (Å²) >= 11 is 0. The number of rotatable bonds is 8. The molecule has 2 aromatic carbocycles. The summed E-state index contributed by atoms with van der Waals surface area (Å²) in [5, 5.41) is 14.1. The normalized spacial score (nSPS) is 11.4. The number of nitrogens with zero attached hydrogens (tertiary/aromatic N) is 1. The van der Waals surface area contributed by atoms with Crippen molar-refractivity contribution >= 4 is 11.6 Å². The van der Waals surface area contributed by atoms with Crippen molar-refractivity contribution in [1.29, 1.82) is 0 Å². The Bertz CT molecular complexity index is 837. The summed E-state index contributed by atoms with van der Waals surface area (Å²) in [5.74, 6) is 0.907. The molecule has 0 fully saturated rings. The minimum atomic E-state index is -0.573. The molecule has 1 N–H and O–H groups in total. The van der Waals surface area contributed by atoms with Gasteiger partial charge in [0.2, 0.25) is 0 Å². The van der Waals surface area contributed by atoms with E-state index in [2.05, 4.69) is 5.32 Å². The van der Waals surface area contributed by atoms with E-state index in [0.29, 0.717) is 18.1 Å². The Labute approximate surface area is 157 Å². The van der Waals surface area contributed by atoms with Gasteiger partial charge < -0.3 is 19.5 Å². The minimum Gasteiger partial charge on any atom is -0.497 e. The molecule has 0 aliphatic heterocycles. The van der Waals surface area contributed by atoms with Gasteiger partial charge in [-0.2, -0.15) is 0 Å². The van der Waals surface area contributed by atoms with Crippen molar-refractivity contribution in [3.8, 4) is 17.2 Å². The number of methoxy groups -OCH3 is 2. The molecule has 2 rings (SSSR count). The van der Waals surface area contributed by atoms with E-state index >= 15 is 0 Å². The zero-order valence-corrected chi connectivity index (χ0v) is 15.6. The number of nitrogens with one attached hydrogen (secondary N) is 1. The molecular formula is C19H22N2O6. The monoisotopic (exact) mass is 374 g/mol. The van der Waals surface area contributed by atoms with Crippen molar-refractivity contribution in [1.82, 2.24) is 5.32 Å². The van der Waals surface area contributed by atoms with Crippen LogP contribution >= 0.6 is 0 Å². The maximum absolute atomic E-state index is 12.6. The number of hydrogen-bond donors (Lipinski definition) is 1. The standard InChI is InChI=1S/C19H22N2O6/c1-5-27-18-8-6-13(10-16(18)21(23)24)19(22)20-12(2)15-11-14(25-3)7-9-17(15)26-4/h6-12H,5H2,1-4H3,(H,20,22)/t12-/m0/s1. The van der Waals surface area contributed by atoms with E-state index in [9.17, 15) is 14.9 Å². The van der Waals surface area contributed by atoms with Gasteiger partial charge in [0.05, 0.1) is 31.8 Å². The first kappa shape index (κ1) is 20.0. The van der Waals surface area contributed by atoms with E-state index in [0.717, 1.165) is 5.56 Å². The van der Waals surface area contributed by atoms with Gasteiger partial charge in [0, 0.05) is 17.2 Å². The van der Waals surface area contributed by atoms with Crippen LogP contribution in [0, 0.1) is 10.1 Å². The molecule has 0 spiro atoms. The van der Waals surface area contributed by atoms with Crippen LogP contribution in [0.2, 0.25) is 0 Å². The lowest BCUT2D eigenvalue weighted by atomic mass is 10.1. The molecule has 8 heteroatoms. The average molecular weight is 374 g/mol. The molecule has 0 aromatic heterocycles. The van der Waals surface area contributed by atoms with Gasteiger partial charge in [-0.3, -0.25) is 14.9 Å². The predicted octanol–water partition coefficient (Wildman–Crippen LogP) is 3.50. The van der Waals surface area contributed by atoms with Crippen LogP contribution in [0.4, 0.5) is 5.69 Å². The van der Waals surface area contributed by atoms with Gasteiger partial charge in [0.15, 0.2) is 5.75 Å². The largest absolute Gasteiger partial charge is 0.497 e. The summed E-state index contributed by atoms with van der Waals surface area (Å²) in [5.41, 5.74) is 0.639. The van der Waals surface area contributed by atoms with E-state index in [1.807, 2.05) is 0 Å². The fraction of sp³-hybridized carbons (Fsp3) is 0.316. The van der Waals surface area contributed by atoms with Gasteiger partial charge >= 0.3 is 5.69 Å². The van der Waals surface area contributed by atoms with E-state index in [-0.39, 0.29) is 17.0 Å². The van der Waals surface area contributed by atoms with Crippen molar-refractivity contribution in [2.75, 3.05) is 20.8 Å². The highest BCUT2D eigenvalue weighted by atomic mass is 16.6. The number of carbonyl (C=O) groups excluding carboxylic acids is 1. The molecule has 0 bridgehead atoms. The molecule has 0 saturated heterocycles. The first-order valence-corrected chi connectivity index (χ1v) is 8.35. The molecule has 1 amide bonds. The van der Waals surface area contributed by atoms with E-state index in [1.165, 1.54) is 25.3 Å². The van der Waals surface area contributed by atoms with Crippen LogP contribution in [0.3, 0.4) is 0 Å². The van der Waals surface area contributed by atoms with Gasteiger partial charge in [0.1, 0.15) is 11.5 Å². The van der Waals surface area contributed by atoms with Crippen LogP contribution in [-0.2, 0) is 0 Å². The highest BCUT2D eigenvalue weighted by Crippen LogP contribution is 2.31. The molecule has 0 unspecified atom stereocenters. The molecule has 0 heterocycles. The van der Waals surface area contributed by atoms with Gasteiger partial charge in [-0.05, 0) is 44.2 Å². The molecule has 0 aliphatic carbocycles. The number of hydrogen-bond acceptors (Lipinski definition) is 6. The Balaban J connectivity index is 2.26. The second-order valence-corrected chi connectivity index (χ2v) is 5.68. The zero-order chi connectivity index (χ0) is 20.0. The fourth-order valence-electron chi connectivity index (χ4n) is 2.61. The van der Waals surface area contributed by atoms with Crippen LogP contribution in [0.25, 0.3) is 0 Å². The Morgan fingerprint density at radius 2 is 1.85 bits per heavy atom. The Hall–Kier alpha value is -3.29. The maximum Gasteiger partial charge on any atom is 0.311 e. The highest BCUT2D eigenvalue weighted by molar-refractivity contribution is 5.95. The van der Waals surface area contributed by atoms with E-state index < -0.39 is 16.9 Å². The summed E-state index contributed by atoms with van der Waals surface area (Å²) in [7, 11) is 3.09. The number of nitro groups is 1. The fourth-order valence-corrected chi connectivity index (χ4v) is 2.61. The Morgan fingerprint density at radius 3 is 2.44 bits per heavy atom. The second kappa shape index (κ2) is 8.88. The number of amides is 1. The van der Waals surface area contributed by atoms with Crippen molar-refractivity contribution in [3.63, 3.8) is 0 Å². The van der Waals surface area contributed by atoms with Gasteiger partial charge in [-0.1, -0.05) is 0 Å². The molecule has 144 valence electrons. The topological polar surface area (TPSA) is 99.9 Å². The smallest absolute Gasteiger partial charge is 0.311 e. The third-order valence-corrected chi connectivity index (χ3v) is 3.97. The van der Waals surface area contributed by atoms with Crippen molar-refractivity contribution in [3.05, 3.63) is 57.6 Å². The van der Waals surface area contributed by atoms with Crippen LogP contribution in [0.1, 0.15) is 35.8 Å². The van der Waals surface area contributed by atoms with Gasteiger partial charge in [-0.15, -0.1) is 0 Å². The maximum atomic E-state index is 12.6. The molecule has 27 heavy (non-hydrogen) atoms. The molecule has 0 radical (unpaired) electrons. The lowest BCUT2D eigenvalue weighted by Crippen LogP contribution is -2.27. The van der Waals surface area contributed by atoms with E-state index in [4.69, 9.17) is 14.2 Å². The average Bonchev–Trinajstić information content (AvgIpc) is 2.67. The summed E-state index contributed by atoms with van der Waals surface area (Å²) in [6, 6.07) is 8.98. The Kier molecular flexibility index (Phi) is 6.59. The number of benzene rings is 2. The number of ether oxygens (including phenoxy) is 3. The van der Waals surface area contributed by atoms with Crippen molar-refractivity contribution in [2.45, 2.75) is 19.9 Å². The van der Waals surface area contributed by atoms with Crippen LogP contribution in [0.15, 0.2) is 36.4 Å².